The van der Waals surface area contributed by atoms with Crippen LogP contribution in [0.3, 0.4) is 0 Å². The van der Waals surface area contributed by atoms with Gasteiger partial charge in [0.25, 0.3) is 0 Å². The molecule has 2 rings (SSSR count). The van der Waals surface area contributed by atoms with Crippen molar-refractivity contribution in [3.63, 3.8) is 0 Å². The Morgan fingerprint density at radius 1 is 1.30 bits per heavy atom. The number of aryl methyl sites for hydroxylation is 1. The molecule has 0 radical (unpaired) electrons. The third-order valence-electron chi connectivity index (χ3n) is 4.38. The highest BCUT2D eigenvalue weighted by atomic mass is 35.5. The van der Waals surface area contributed by atoms with E-state index < -0.39 is 12.2 Å². The molecule has 1 atom stereocenters. The van der Waals surface area contributed by atoms with Gasteiger partial charge < -0.3 is 14.7 Å². The molecule has 0 aliphatic heterocycles. The summed E-state index contributed by atoms with van der Waals surface area (Å²) in [6.07, 6.45) is -0.441. The minimum Gasteiger partial charge on any atom is -0.477 e. The highest BCUT2D eigenvalue weighted by molar-refractivity contribution is 7.15. The van der Waals surface area contributed by atoms with Crippen molar-refractivity contribution in [1.82, 2.24) is 0 Å². The summed E-state index contributed by atoms with van der Waals surface area (Å²) in [4.78, 5) is 15.1. The molecule has 1 aromatic carbocycles. The molecule has 0 fully saturated rings. The number of benzene rings is 1. The second-order valence-corrected chi connectivity index (χ2v) is 9.93. The lowest BCUT2D eigenvalue weighted by Gasteiger charge is -2.37. The van der Waals surface area contributed by atoms with Crippen molar-refractivity contribution in [2.24, 2.45) is 5.41 Å². The van der Waals surface area contributed by atoms with Crippen LogP contribution in [0.4, 0.5) is 5.69 Å². The first-order valence-corrected chi connectivity index (χ1v) is 11.2. The normalized spacial score (nSPS) is 12.4. The molecular weight excluding hydrogens is 418 g/mol. The minimum absolute atomic E-state index is 0.00671. The fourth-order valence-corrected chi connectivity index (χ4v) is 4.18. The van der Waals surface area contributed by atoms with E-state index in [1.807, 2.05) is 77.6 Å². The first-order valence-electron chi connectivity index (χ1n) is 10.0. The van der Waals surface area contributed by atoms with Crippen molar-refractivity contribution < 1.29 is 14.6 Å². The number of rotatable bonds is 7. The van der Waals surface area contributed by atoms with E-state index in [1.165, 1.54) is 11.3 Å². The molecule has 30 heavy (non-hydrogen) atoms. The summed E-state index contributed by atoms with van der Waals surface area (Å²) in [7, 11) is 0. The van der Waals surface area contributed by atoms with Gasteiger partial charge in [-0.25, -0.2) is 4.79 Å². The zero-order valence-electron chi connectivity index (χ0n) is 18.7. The van der Waals surface area contributed by atoms with Gasteiger partial charge >= 0.3 is 5.97 Å². The van der Waals surface area contributed by atoms with E-state index in [0.717, 1.165) is 16.0 Å². The number of aromatic carboxylic acids is 1. The molecule has 162 valence electrons. The minimum atomic E-state index is -0.965. The molecule has 0 aliphatic carbocycles. The number of carboxylic acid groups (broad SMARTS) is 1. The third kappa shape index (κ3) is 6.01. The average molecular weight is 448 g/mol. The van der Waals surface area contributed by atoms with E-state index in [9.17, 15) is 9.90 Å². The molecule has 1 unspecified atom stereocenters. The van der Waals surface area contributed by atoms with Gasteiger partial charge in [-0.15, -0.1) is 11.3 Å². The van der Waals surface area contributed by atoms with Gasteiger partial charge in [0.15, 0.2) is 6.23 Å². The van der Waals surface area contributed by atoms with E-state index in [-0.39, 0.29) is 16.3 Å². The van der Waals surface area contributed by atoms with E-state index in [1.54, 1.807) is 0 Å². The van der Waals surface area contributed by atoms with Gasteiger partial charge in [-0.05, 0) is 72.2 Å². The Morgan fingerprint density at radius 3 is 2.47 bits per heavy atom. The van der Waals surface area contributed by atoms with Crippen LogP contribution in [0.25, 0.3) is 0 Å². The van der Waals surface area contributed by atoms with Crippen molar-refractivity contribution in [2.75, 3.05) is 11.5 Å². The number of anilines is 1. The van der Waals surface area contributed by atoms with Gasteiger partial charge in [-0.3, -0.25) is 0 Å². The Balaban J connectivity index is 2.65. The van der Waals surface area contributed by atoms with Crippen LogP contribution in [0.1, 0.15) is 73.4 Å². The number of carboxylic acids is 1. The van der Waals surface area contributed by atoms with Crippen LogP contribution >= 0.6 is 22.9 Å². The smallest absolute Gasteiger partial charge is 0.348 e. The average Bonchev–Trinajstić information content (AvgIpc) is 3.03. The molecule has 6 heteroatoms. The maximum atomic E-state index is 12.1. The van der Waals surface area contributed by atoms with Crippen molar-refractivity contribution >= 4 is 34.6 Å². The number of halogens is 1. The fraction of sp³-hybridized carbons (Fsp3) is 0.458. The van der Waals surface area contributed by atoms with Gasteiger partial charge in [-0.2, -0.15) is 0 Å². The van der Waals surface area contributed by atoms with Crippen LogP contribution in [-0.4, -0.2) is 23.7 Å². The van der Waals surface area contributed by atoms with Crippen LogP contribution in [0.15, 0.2) is 24.3 Å². The Hall–Kier alpha value is -2.00. The summed E-state index contributed by atoms with van der Waals surface area (Å²) in [5.74, 6) is 5.37. The number of thiophene rings is 1. The summed E-state index contributed by atoms with van der Waals surface area (Å²) in [6.45, 7) is 14.5. The summed E-state index contributed by atoms with van der Waals surface area (Å²) >= 11 is 7.35. The molecule has 1 N–H and O–H groups in total. The summed E-state index contributed by atoms with van der Waals surface area (Å²) in [6, 6.07) is 7.53. The third-order valence-corrected chi connectivity index (χ3v) is 5.64. The van der Waals surface area contributed by atoms with Crippen molar-refractivity contribution in [1.29, 1.82) is 0 Å². The number of hydrogen-bond acceptors (Lipinski definition) is 4. The van der Waals surface area contributed by atoms with Gasteiger partial charge in [0.2, 0.25) is 0 Å². The first kappa shape index (κ1) is 24.3. The number of nitrogens with zero attached hydrogens (tertiary/aromatic N) is 1. The molecule has 2 aromatic rings. The van der Waals surface area contributed by atoms with Crippen LogP contribution < -0.4 is 4.90 Å². The molecule has 0 amide bonds. The Kier molecular flexibility index (Phi) is 7.99. The lowest BCUT2D eigenvalue weighted by molar-refractivity contribution is 0.0543. The maximum Gasteiger partial charge on any atom is 0.348 e. The monoisotopic (exact) mass is 447 g/mol. The molecule has 0 bridgehead atoms. The zero-order valence-corrected chi connectivity index (χ0v) is 20.2. The zero-order chi connectivity index (χ0) is 22.6. The number of carbonyl (C=O) groups is 1. The van der Waals surface area contributed by atoms with Crippen LogP contribution in [0.5, 0.6) is 0 Å². The van der Waals surface area contributed by atoms with E-state index >= 15 is 0 Å². The topological polar surface area (TPSA) is 49.8 Å². The quantitative estimate of drug-likeness (QED) is 0.376. The van der Waals surface area contributed by atoms with Crippen molar-refractivity contribution in [2.45, 2.75) is 60.7 Å². The van der Waals surface area contributed by atoms with E-state index in [2.05, 4.69) is 11.8 Å². The summed E-state index contributed by atoms with van der Waals surface area (Å²) < 4.78 is 6.14. The highest BCUT2D eigenvalue weighted by Crippen LogP contribution is 2.38. The second kappa shape index (κ2) is 9.87. The predicted octanol–water partition coefficient (Wildman–Crippen LogP) is 6.76. The molecular formula is C24H30ClNO3S. The standard InChI is InChI=1S/C24H30ClNO3S/c1-8-29-22(19-10-9-17(25)13-16(19)4)26(15(2)3)20-14-18(11-12-24(5,6)7)30-21(20)23(27)28/h9-10,13-15,22H,8H2,1-7H3,(H,27,28). The molecule has 1 heterocycles. The molecule has 4 nitrogen and oxygen atoms in total. The number of ether oxygens (including phenoxy) is 1. The SMILES string of the molecule is CCOC(c1ccc(Cl)cc1C)N(c1cc(C#CC(C)(C)C)sc1C(=O)O)C(C)C. The fourth-order valence-electron chi connectivity index (χ4n) is 3.11. The second-order valence-electron chi connectivity index (χ2n) is 8.44. The molecule has 0 saturated carbocycles. The number of hydrogen-bond donors (Lipinski definition) is 1. The van der Waals surface area contributed by atoms with Gasteiger partial charge in [-0.1, -0.05) is 29.5 Å². The van der Waals surface area contributed by atoms with Crippen LogP contribution in [0, 0.1) is 24.2 Å². The summed E-state index contributed by atoms with van der Waals surface area (Å²) in [5.41, 5.74) is 2.40. The molecule has 0 saturated heterocycles. The van der Waals surface area contributed by atoms with Gasteiger partial charge in [0.1, 0.15) is 4.88 Å². The molecule has 0 aliphatic rings. The maximum absolute atomic E-state index is 12.1. The van der Waals surface area contributed by atoms with Crippen molar-refractivity contribution in [3.05, 3.63) is 50.2 Å². The Bertz CT molecular complexity index is 963. The van der Waals surface area contributed by atoms with Gasteiger partial charge in [0, 0.05) is 28.6 Å². The lowest BCUT2D eigenvalue weighted by atomic mass is 9.98. The van der Waals surface area contributed by atoms with E-state index in [0.29, 0.717) is 17.3 Å². The summed E-state index contributed by atoms with van der Waals surface area (Å²) in [5, 5.41) is 10.5. The van der Waals surface area contributed by atoms with Gasteiger partial charge in [0.05, 0.1) is 10.6 Å². The van der Waals surface area contributed by atoms with Crippen LogP contribution in [-0.2, 0) is 4.74 Å². The van der Waals surface area contributed by atoms with E-state index in [4.69, 9.17) is 16.3 Å². The Morgan fingerprint density at radius 2 is 1.97 bits per heavy atom. The first-order chi connectivity index (χ1) is 13.9. The largest absolute Gasteiger partial charge is 0.477 e. The lowest BCUT2D eigenvalue weighted by Crippen LogP contribution is -2.37. The van der Waals surface area contributed by atoms with Crippen LogP contribution in [0.2, 0.25) is 5.02 Å². The molecule has 1 aromatic heterocycles. The molecule has 0 spiro atoms. The predicted molar refractivity (Wildman–Crippen MR) is 126 cm³/mol. The highest BCUT2D eigenvalue weighted by Gasteiger charge is 2.30. The van der Waals surface area contributed by atoms with Crippen molar-refractivity contribution in [3.8, 4) is 11.8 Å². The Labute approximate surface area is 188 Å².